The summed E-state index contributed by atoms with van der Waals surface area (Å²) in [5.74, 6) is 1.04. The Kier molecular flexibility index (Phi) is 5.14. The van der Waals surface area contributed by atoms with Gasteiger partial charge in [0, 0.05) is 31.2 Å². The van der Waals surface area contributed by atoms with Crippen molar-refractivity contribution >= 4 is 17.6 Å². The van der Waals surface area contributed by atoms with Crippen molar-refractivity contribution in [1.29, 1.82) is 5.41 Å². The van der Waals surface area contributed by atoms with Gasteiger partial charge in [-0.3, -0.25) is 5.41 Å². The standard InChI is InChI=1S/C10H15N3OS/c1-14-5-2-6-15-9-4-3-8(7-13-9)10(11)12/h3-4,7H,2,5-6H2,1H3,(H3,11,12). The highest BCUT2D eigenvalue weighted by Gasteiger charge is 1.98. The van der Waals surface area contributed by atoms with Gasteiger partial charge in [-0.25, -0.2) is 4.98 Å². The monoisotopic (exact) mass is 225 g/mol. The minimum absolute atomic E-state index is 0.0541. The molecule has 0 aromatic carbocycles. The van der Waals surface area contributed by atoms with Crippen molar-refractivity contribution in [2.75, 3.05) is 19.5 Å². The molecule has 1 aromatic rings. The molecule has 0 unspecified atom stereocenters. The number of nitrogen functional groups attached to an aromatic ring is 1. The van der Waals surface area contributed by atoms with E-state index in [1.807, 2.05) is 12.1 Å². The fourth-order valence-corrected chi connectivity index (χ4v) is 1.77. The summed E-state index contributed by atoms with van der Waals surface area (Å²) in [5.41, 5.74) is 5.99. The Balaban J connectivity index is 2.39. The SMILES string of the molecule is COCCCSc1ccc(C(=N)N)cn1. The average molecular weight is 225 g/mol. The number of hydrogen-bond donors (Lipinski definition) is 2. The first-order valence-electron chi connectivity index (χ1n) is 4.66. The highest BCUT2D eigenvalue weighted by atomic mass is 32.2. The van der Waals surface area contributed by atoms with Gasteiger partial charge in [-0.05, 0) is 18.6 Å². The van der Waals surface area contributed by atoms with Crippen LogP contribution in [0.4, 0.5) is 0 Å². The molecule has 0 spiro atoms. The van der Waals surface area contributed by atoms with Crippen LogP contribution in [0.1, 0.15) is 12.0 Å². The lowest BCUT2D eigenvalue weighted by Gasteiger charge is -2.01. The second-order valence-electron chi connectivity index (χ2n) is 2.99. The molecule has 0 amide bonds. The smallest absolute Gasteiger partial charge is 0.124 e. The van der Waals surface area contributed by atoms with Crippen molar-refractivity contribution in [1.82, 2.24) is 4.98 Å². The predicted octanol–water partition coefficient (Wildman–Crippen LogP) is 1.49. The van der Waals surface area contributed by atoms with Gasteiger partial charge >= 0.3 is 0 Å². The molecule has 82 valence electrons. The number of thioether (sulfide) groups is 1. The lowest BCUT2D eigenvalue weighted by Crippen LogP contribution is -2.11. The van der Waals surface area contributed by atoms with E-state index in [9.17, 15) is 0 Å². The van der Waals surface area contributed by atoms with E-state index in [1.54, 1.807) is 25.1 Å². The van der Waals surface area contributed by atoms with E-state index in [0.29, 0.717) is 5.56 Å². The Morgan fingerprint density at radius 2 is 2.40 bits per heavy atom. The van der Waals surface area contributed by atoms with Crippen LogP contribution in [0.25, 0.3) is 0 Å². The maximum absolute atomic E-state index is 7.21. The number of ether oxygens (including phenoxy) is 1. The summed E-state index contributed by atoms with van der Waals surface area (Å²) in [7, 11) is 1.70. The van der Waals surface area contributed by atoms with Crippen molar-refractivity contribution in [2.24, 2.45) is 5.73 Å². The molecule has 0 saturated heterocycles. The fourth-order valence-electron chi connectivity index (χ4n) is 1.00. The number of aromatic nitrogens is 1. The van der Waals surface area contributed by atoms with E-state index in [-0.39, 0.29) is 5.84 Å². The number of methoxy groups -OCH3 is 1. The van der Waals surface area contributed by atoms with Gasteiger partial charge in [-0.15, -0.1) is 11.8 Å². The molecular weight excluding hydrogens is 210 g/mol. The highest BCUT2D eigenvalue weighted by Crippen LogP contribution is 2.15. The van der Waals surface area contributed by atoms with Gasteiger partial charge in [0.25, 0.3) is 0 Å². The van der Waals surface area contributed by atoms with E-state index in [0.717, 1.165) is 23.8 Å². The summed E-state index contributed by atoms with van der Waals surface area (Å²) in [6.07, 6.45) is 2.64. The Bertz CT molecular complexity index is 313. The van der Waals surface area contributed by atoms with Crippen molar-refractivity contribution in [3.8, 4) is 0 Å². The second kappa shape index (κ2) is 6.42. The number of nitrogens with zero attached hydrogens (tertiary/aromatic N) is 1. The summed E-state index contributed by atoms with van der Waals surface area (Å²) in [5, 5.41) is 8.17. The summed E-state index contributed by atoms with van der Waals surface area (Å²) >= 11 is 1.68. The zero-order valence-corrected chi connectivity index (χ0v) is 9.51. The number of nitrogens with two attached hydrogens (primary N) is 1. The van der Waals surface area contributed by atoms with Crippen LogP contribution in [0.15, 0.2) is 23.4 Å². The highest BCUT2D eigenvalue weighted by molar-refractivity contribution is 7.99. The number of amidine groups is 1. The fraction of sp³-hybridized carbons (Fsp3) is 0.400. The molecule has 0 bridgehead atoms. The van der Waals surface area contributed by atoms with Crippen molar-refractivity contribution in [3.05, 3.63) is 23.9 Å². The third-order valence-electron chi connectivity index (χ3n) is 1.79. The Morgan fingerprint density at radius 1 is 1.60 bits per heavy atom. The third-order valence-corrected chi connectivity index (χ3v) is 2.82. The molecule has 5 heteroatoms. The molecule has 0 radical (unpaired) electrons. The third kappa shape index (κ3) is 4.31. The van der Waals surface area contributed by atoms with E-state index in [4.69, 9.17) is 15.9 Å². The molecule has 1 rings (SSSR count). The van der Waals surface area contributed by atoms with Gasteiger partial charge in [-0.2, -0.15) is 0 Å². The van der Waals surface area contributed by atoms with Crippen molar-refractivity contribution < 1.29 is 4.74 Å². The zero-order chi connectivity index (χ0) is 11.1. The van der Waals surface area contributed by atoms with Crippen LogP contribution in [0.3, 0.4) is 0 Å². The topological polar surface area (TPSA) is 72.0 Å². The van der Waals surface area contributed by atoms with Gasteiger partial charge in [0.2, 0.25) is 0 Å². The van der Waals surface area contributed by atoms with E-state index >= 15 is 0 Å². The van der Waals surface area contributed by atoms with Crippen LogP contribution < -0.4 is 5.73 Å². The van der Waals surface area contributed by atoms with Gasteiger partial charge in [-0.1, -0.05) is 0 Å². The van der Waals surface area contributed by atoms with E-state index in [1.165, 1.54) is 0 Å². The van der Waals surface area contributed by atoms with Crippen LogP contribution >= 0.6 is 11.8 Å². The minimum atomic E-state index is 0.0541. The lowest BCUT2D eigenvalue weighted by molar-refractivity contribution is 0.200. The van der Waals surface area contributed by atoms with Crippen LogP contribution in [0.5, 0.6) is 0 Å². The first kappa shape index (κ1) is 12.0. The molecule has 15 heavy (non-hydrogen) atoms. The molecule has 1 aromatic heterocycles. The van der Waals surface area contributed by atoms with Crippen LogP contribution in [0, 0.1) is 5.41 Å². The summed E-state index contributed by atoms with van der Waals surface area (Å²) in [6, 6.07) is 3.70. The van der Waals surface area contributed by atoms with Crippen molar-refractivity contribution in [3.63, 3.8) is 0 Å². The van der Waals surface area contributed by atoms with Crippen LogP contribution in [0.2, 0.25) is 0 Å². The summed E-state index contributed by atoms with van der Waals surface area (Å²) in [6.45, 7) is 0.776. The molecule has 3 N–H and O–H groups in total. The quantitative estimate of drug-likeness (QED) is 0.333. The van der Waals surface area contributed by atoms with Crippen molar-refractivity contribution in [2.45, 2.75) is 11.4 Å². The predicted molar refractivity (Wildman–Crippen MR) is 62.5 cm³/mol. The second-order valence-corrected chi connectivity index (χ2v) is 4.11. The Hall–Kier alpha value is -1.07. The molecule has 0 aliphatic heterocycles. The number of nitrogens with one attached hydrogen (secondary N) is 1. The first-order chi connectivity index (χ1) is 7.24. The van der Waals surface area contributed by atoms with E-state index < -0.39 is 0 Å². The normalized spacial score (nSPS) is 10.2. The zero-order valence-electron chi connectivity index (χ0n) is 8.69. The number of hydrogen-bond acceptors (Lipinski definition) is 4. The summed E-state index contributed by atoms with van der Waals surface area (Å²) in [4.78, 5) is 4.20. The van der Waals surface area contributed by atoms with Crippen LogP contribution in [-0.2, 0) is 4.74 Å². The van der Waals surface area contributed by atoms with Gasteiger partial charge in [0.15, 0.2) is 0 Å². The first-order valence-corrected chi connectivity index (χ1v) is 5.65. The Labute approximate surface area is 93.7 Å². The van der Waals surface area contributed by atoms with Crippen LogP contribution in [-0.4, -0.2) is 30.3 Å². The molecule has 1 heterocycles. The largest absolute Gasteiger partial charge is 0.385 e. The average Bonchev–Trinajstić information content (AvgIpc) is 2.25. The molecule has 0 atom stereocenters. The molecule has 0 aliphatic rings. The van der Waals surface area contributed by atoms with E-state index in [2.05, 4.69) is 4.98 Å². The van der Waals surface area contributed by atoms with Gasteiger partial charge in [0.1, 0.15) is 5.84 Å². The Morgan fingerprint density at radius 3 is 2.93 bits per heavy atom. The molecule has 0 fully saturated rings. The molecule has 0 saturated carbocycles. The maximum Gasteiger partial charge on any atom is 0.124 e. The van der Waals surface area contributed by atoms with Gasteiger partial charge in [0.05, 0.1) is 5.03 Å². The number of rotatable bonds is 6. The van der Waals surface area contributed by atoms with Gasteiger partial charge < -0.3 is 10.5 Å². The summed E-state index contributed by atoms with van der Waals surface area (Å²) < 4.78 is 4.95. The minimum Gasteiger partial charge on any atom is -0.385 e. The molecule has 4 nitrogen and oxygen atoms in total. The molecular formula is C10H15N3OS. The number of pyridine rings is 1. The lowest BCUT2D eigenvalue weighted by atomic mass is 10.3. The molecule has 0 aliphatic carbocycles. The maximum atomic E-state index is 7.21.